The molecule has 0 bridgehead atoms. The molecule has 1 atom stereocenters. The topological polar surface area (TPSA) is 102 Å². The lowest BCUT2D eigenvalue weighted by Crippen LogP contribution is -2.33. The smallest absolute Gasteiger partial charge is 0.273 e. The van der Waals surface area contributed by atoms with Crippen LogP contribution in [0.15, 0.2) is 52.1 Å². The Balaban J connectivity index is 1.43. The number of aromatic nitrogens is 2. The first-order chi connectivity index (χ1) is 13.5. The number of aryl methyl sites for hydroxylation is 1. The van der Waals surface area contributed by atoms with Crippen molar-refractivity contribution >= 4 is 16.7 Å². The molecule has 0 spiro atoms. The minimum atomic E-state index is -0.357. The minimum Gasteiger partial charge on any atom is -0.454 e. The van der Waals surface area contributed by atoms with Gasteiger partial charge in [-0.25, -0.2) is 4.68 Å². The highest BCUT2D eigenvalue weighted by molar-refractivity contribution is 5.80. The first-order valence-corrected chi connectivity index (χ1v) is 8.94. The highest BCUT2D eigenvalue weighted by Gasteiger charge is 2.17. The monoisotopic (exact) mass is 381 g/mol. The van der Waals surface area contributed by atoms with Crippen molar-refractivity contribution in [2.24, 2.45) is 0 Å². The minimum absolute atomic E-state index is 0.0586. The van der Waals surface area contributed by atoms with Gasteiger partial charge in [0.2, 0.25) is 12.7 Å². The zero-order valence-electron chi connectivity index (χ0n) is 15.2. The highest BCUT2D eigenvalue weighted by atomic mass is 16.7. The molecule has 8 nitrogen and oxygen atoms in total. The van der Waals surface area contributed by atoms with Crippen LogP contribution < -0.4 is 25.9 Å². The van der Waals surface area contributed by atoms with E-state index in [9.17, 15) is 14.4 Å². The summed E-state index contributed by atoms with van der Waals surface area (Å²) in [6.45, 7) is 2.14. The molecular formula is C20H19N3O5. The fraction of sp³-hybridized carbons (Fsp3) is 0.250. The van der Waals surface area contributed by atoms with Crippen LogP contribution in [0.5, 0.6) is 11.5 Å². The van der Waals surface area contributed by atoms with E-state index >= 15 is 0 Å². The largest absolute Gasteiger partial charge is 0.454 e. The number of hydrogen-bond acceptors (Lipinski definition) is 5. The summed E-state index contributed by atoms with van der Waals surface area (Å²) >= 11 is 0. The van der Waals surface area contributed by atoms with Crippen LogP contribution in [0, 0.1) is 0 Å². The predicted molar refractivity (Wildman–Crippen MR) is 103 cm³/mol. The summed E-state index contributed by atoms with van der Waals surface area (Å²) in [6, 6.07) is 11.9. The second-order valence-corrected chi connectivity index (χ2v) is 6.60. The van der Waals surface area contributed by atoms with Gasteiger partial charge in [0.05, 0.1) is 23.4 Å². The van der Waals surface area contributed by atoms with Gasteiger partial charge in [-0.3, -0.25) is 19.5 Å². The molecule has 1 aliphatic heterocycles. The van der Waals surface area contributed by atoms with Crippen molar-refractivity contribution in [3.05, 3.63) is 68.7 Å². The summed E-state index contributed by atoms with van der Waals surface area (Å²) < 4.78 is 11.8. The number of hydrogen-bond donors (Lipinski definition) is 2. The molecule has 8 heteroatoms. The molecule has 1 amide bonds. The average molecular weight is 381 g/mol. The first-order valence-electron chi connectivity index (χ1n) is 8.94. The Morgan fingerprint density at radius 3 is 2.71 bits per heavy atom. The van der Waals surface area contributed by atoms with Crippen molar-refractivity contribution in [2.45, 2.75) is 25.9 Å². The van der Waals surface area contributed by atoms with Gasteiger partial charge in [-0.2, -0.15) is 0 Å². The molecule has 0 radical (unpaired) electrons. The van der Waals surface area contributed by atoms with Crippen LogP contribution in [0.3, 0.4) is 0 Å². The fourth-order valence-electron chi connectivity index (χ4n) is 3.20. The van der Waals surface area contributed by atoms with Crippen LogP contribution >= 0.6 is 0 Å². The number of carbonyl (C=O) groups is 1. The van der Waals surface area contributed by atoms with Crippen LogP contribution in [0.2, 0.25) is 0 Å². The Hall–Kier alpha value is -3.55. The fourth-order valence-corrected chi connectivity index (χ4v) is 3.20. The number of H-pyrrole nitrogens is 1. The van der Waals surface area contributed by atoms with Crippen molar-refractivity contribution in [3.8, 4) is 11.5 Å². The summed E-state index contributed by atoms with van der Waals surface area (Å²) in [6.07, 6.45) is 0.0586. The van der Waals surface area contributed by atoms with Crippen molar-refractivity contribution in [3.63, 3.8) is 0 Å². The second kappa shape index (κ2) is 7.22. The van der Waals surface area contributed by atoms with Crippen LogP contribution in [0.1, 0.15) is 24.9 Å². The molecule has 28 heavy (non-hydrogen) atoms. The number of nitrogens with one attached hydrogen (secondary N) is 2. The van der Waals surface area contributed by atoms with Crippen molar-refractivity contribution < 1.29 is 14.3 Å². The van der Waals surface area contributed by atoms with Crippen LogP contribution in [0.25, 0.3) is 10.8 Å². The number of benzene rings is 2. The van der Waals surface area contributed by atoms with E-state index in [2.05, 4.69) is 10.4 Å². The van der Waals surface area contributed by atoms with E-state index in [-0.39, 0.29) is 42.8 Å². The maximum atomic E-state index is 12.5. The number of fused-ring (bicyclic) bond motifs is 2. The quantitative estimate of drug-likeness (QED) is 0.700. The van der Waals surface area contributed by atoms with Gasteiger partial charge in [-0.05, 0) is 36.8 Å². The molecule has 0 fully saturated rings. The number of ether oxygens (including phenoxy) is 2. The maximum absolute atomic E-state index is 12.5. The van der Waals surface area contributed by atoms with E-state index in [4.69, 9.17) is 9.47 Å². The lowest BCUT2D eigenvalue weighted by Gasteiger charge is -2.15. The number of amides is 1. The van der Waals surface area contributed by atoms with Crippen LogP contribution in [-0.2, 0) is 11.3 Å². The highest BCUT2D eigenvalue weighted by Crippen LogP contribution is 2.34. The molecular weight excluding hydrogens is 362 g/mol. The zero-order valence-corrected chi connectivity index (χ0v) is 15.2. The molecule has 144 valence electrons. The van der Waals surface area contributed by atoms with Crippen molar-refractivity contribution in [1.82, 2.24) is 15.1 Å². The molecule has 0 saturated carbocycles. The lowest BCUT2D eigenvalue weighted by molar-refractivity contribution is -0.122. The normalized spacial score (nSPS) is 13.5. The van der Waals surface area contributed by atoms with E-state index in [1.54, 1.807) is 30.3 Å². The Morgan fingerprint density at radius 2 is 1.89 bits per heavy atom. The molecule has 0 aliphatic carbocycles. The third-order valence-electron chi connectivity index (χ3n) is 4.72. The third kappa shape index (κ3) is 3.36. The summed E-state index contributed by atoms with van der Waals surface area (Å²) in [5, 5.41) is 6.08. The summed E-state index contributed by atoms with van der Waals surface area (Å²) in [5.74, 6) is 1.10. The molecule has 4 rings (SSSR count). The van der Waals surface area contributed by atoms with E-state index in [1.165, 1.54) is 4.68 Å². The van der Waals surface area contributed by atoms with E-state index in [1.807, 2.05) is 19.1 Å². The Kier molecular flexibility index (Phi) is 4.60. The standard InChI is InChI=1S/C20H19N3O5/c1-12(13-6-7-16-17(10-13)28-11-27-16)21-18(24)8-9-23-20(26)15-5-3-2-4-14(15)19(25)22-23/h2-7,10,12H,8-9,11H2,1H3,(H,21,24)(H,22,25). The van der Waals surface area contributed by atoms with Gasteiger partial charge in [0.15, 0.2) is 11.5 Å². The molecule has 3 aromatic rings. The molecule has 1 aliphatic rings. The van der Waals surface area contributed by atoms with Crippen molar-refractivity contribution in [2.75, 3.05) is 6.79 Å². The summed E-state index contributed by atoms with van der Waals surface area (Å²) in [4.78, 5) is 36.9. The van der Waals surface area contributed by atoms with Gasteiger partial charge in [0.25, 0.3) is 11.1 Å². The molecule has 2 heterocycles. The van der Waals surface area contributed by atoms with Crippen LogP contribution in [-0.4, -0.2) is 22.5 Å². The number of nitrogens with zero attached hydrogens (tertiary/aromatic N) is 1. The molecule has 2 aromatic carbocycles. The molecule has 2 N–H and O–H groups in total. The lowest BCUT2D eigenvalue weighted by atomic mass is 10.1. The number of rotatable bonds is 5. The second-order valence-electron chi connectivity index (χ2n) is 6.60. The Bertz CT molecular complexity index is 1160. The van der Waals surface area contributed by atoms with Gasteiger partial charge in [0, 0.05) is 6.42 Å². The van der Waals surface area contributed by atoms with Gasteiger partial charge >= 0.3 is 0 Å². The Morgan fingerprint density at radius 1 is 1.14 bits per heavy atom. The van der Waals surface area contributed by atoms with Gasteiger partial charge in [0.1, 0.15) is 0 Å². The maximum Gasteiger partial charge on any atom is 0.273 e. The first kappa shape index (κ1) is 17.8. The number of aromatic amines is 1. The molecule has 0 saturated heterocycles. The van der Waals surface area contributed by atoms with Gasteiger partial charge in [-0.1, -0.05) is 18.2 Å². The summed E-state index contributed by atoms with van der Waals surface area (Å²) in [7, 11) is 0. The van der Waals surface area contributed by atoms with E-state index < -0.39 is 0 Å². The average Bonchev–Trinajstić information content (AvgIpc) is 3.17. The summed E-state index contributed by atoms with van der Waals surface area (Å²) in [5.41, 5.74) is 0.199. The van der Waals surface area contributed by atoms with E-state index in [0.29, 0.717) is 22.3 Å². The SMILES string of the molecule is CC(NC(=O)CCn1[nH]c(=O)c2ccccc2c1=O)c1ccc2c(c1)OCO2. The van der Waals surface area contributed by atoms with Gasteiger partial charge in [-0.15, -0.1) is 0 Å². The Labute approximate surface area is 159 Å². The molecule has 1 unspecified atom stereocenters. The van der Waals surface area contributed by atoms with Crippen LogP contribution in [0.4, 0.5) is 0 Å². The number of carbonyl (C=O) groups excluding carboxylic acids is 1. The zero-order chi connectivity index (χ0) is 19.7. The van der Waals surface area contributed by atoms with E-state index in [0.717, 1.165) is 5.56 Å². The van der Waals surface area contributed by atoms with Crippen molar-refractivity contribution in [1.29, 1.82) is 0 Å². The predicted octanol–water partition coefficient (Wildman–Crippen LogP) is 1.69. The van der Waals surface area contributed by atoms with Gasteiger partial charge < -0.3 is 14.8 Å². The molecule has 1 aromatic heterocycles. The third-order valence-corrected chi connectivity index (χ3v) is 4.72.